The largest absolute Gasteiger partial charge is 0.275 e. The quantitative estimate of drug-likeness (QED) is 0.376. The molecule has 0 amide bonds. The summed E-state index contributed by atoms with van der Waals surface area (Å²) in [6.45, 7) is 7.38. The fraction of sp³-hybridized carbons (Fsp3) is 0.333. The average molecular weight is 429 g/mol. The Kier molecular flexibility index (Phi) is 6.09. The van der Waals surface area contributed by atoms with Gasteiger partial charge in [0.2, 0.25) is 0 Å². The first kappa shape index (κ1) is 21.5. The topological polar surface area (TPSA) is 86.3 Å². The Bertz CT molecular complexity index is 843. The van der Waals surface area contributed by atoms with E-state index in [-0.39, 0.29) is 21.4 Å². The Morgan fingerprint density at radius 1 is 0.778 bits per heavy atom. The minimum atomic E-state index is -0.718. The molecule has 0 bridgehead atoms. The smallest absolute Gasteiger partial charge is 0.258 e. The van der Waals surface area contributed by atoms with Crippen LogP contribution in [0.15, 0.2) is 36.4 Å². The second-order valence-electron chi connectivity index (χ2n) is 6.96. The molecular weight excluding hydrogens is 411 g/mol. The molecule has 0 heterocycles. The van der Waals surface area contributed by atoms with Crippen molar-refractivity contribution in [2.24, 2.45) is 0 Å². The van der Waals surface area contributed by atoms with Gasteiger partial charge in [-0.3, -0.25) is 20.2 Å². The van der Waals surface area contributed by atoms with Gasteiger partial charge in [-0.2, -0.15) is 0 Å². The summed E-state index contributed by atoms with van der Waals surface area (Å²) in [7, 11) is 0. The van der Waals surface area contributed by atoms with E-state index in [1.54, 1.807) is 24.3 Å². The second-order valence-corrected chi connectivity index (χ2v) is 10.1. The Morgan fingerprint density at radius 3 is 1.41 bits per heavy atom. The van der Waals surface area contributed by atoms with Crippen LogP contribution in [0.5, 0.6) is 0 Å². The molecule has 0 unspecified atom stereocenters. The van der Waals surface area contributed by atoms with Crippen LogP contribution in [0.2, 0.25) is 10.0 Å². The van der Waals surface area contributed by atoms with Crippen molar-refractivity contribution in [3.8, 4) is 0 Å². The minimum absolute atomic E-state index is 0.0820. The van der Waals surface area contributed by atoms with Crippen LogP contribution in [-0.4, -0.2) is 9.85 Å². The fourth-order valence-electron chi connectivity index (χ4n) is 3.08. The molecule has 2 aromatic carbocycles. The number of benzene rings is 2. The number of thioether (sulfide) groups is 1. The van der Waals surface area contributed by atoms with Crippen molar-refractivity contribution < 1.29 is 9.85 Å². The van der Waals surface area contributed by atoms with Gasteiger partial charge >= 0.3 is 0 Å². The SMILES string of the molecule is CC(C)(SC(C)(C)c1ccc(Cl)cc1[N+](=O)[O-])c1ccc(Cl)cc1[N+](=O)[O-]. The molecule has 27 heavy (non-hydrogen) atoms. The molecule has 0 saturated carbocycles. The van der Waals surface area contributed by atoms with Crippen molar-refractivity contribution in [1.29, 1.82) is 0 Å². The lowest BCUT2D eigenvalue weighted by atomic mass is 9.99. The Balaban J connectivity index is 2.52. The molecule has 0 fully saturated rings. The molecule has 0 aliphatic rings. The van der Waals surface area contributed by atoms with Gasteiger partial charge in [-0.1, -0.05) is 23.2 Å². The standard InChI is InChI=1S/C18H18Cl2N2O4S/c1-17(2,13-7-5-11(19)9-15(13)21(23)24)27-18(3,4)14-8-6-12(20)10-16(14)22(25)26/h5-10H,1-4H3. The van der Waals surface area contributed by atoms with Crippen LogP contribution >= 0.6 is 35.0 Å². The summed E-state index contributed by atoms with van der Waals surface area (Å²) < 4.78 is -1.44. The summed E-state index contributed by atoms with van der Waals surface area (Å²) >= 11 is 13.2. The van der Waals surface area contributed by atoms with E-state index in [4.69, 9.17) is 23.2 Å². The molecule has 9 heteroatoms. The van der Waals surface area contributed by atoms with Gasteiger partial charge in [-0.15, -0.1) is 11.8 Å². The maximum absolute atomic E-state index is 11.5. The van der Waals surface area contributed by atoms with Crippen molar-refractivity contribution >= 4 is 46.3 Å². The Hall–Kier alpha value is -1.83. The molecule has 2 aromatic rings. The van der Waals surface area contributed by atoms with E-state index in [9.17, 15) is 20.2 Å². The second kappa shape index (κ2) is 7.66. The van der Waals surface area contributed by atoms with Gasteiger partial charge in [0.1, 0.15) is 0 Å². The summed E-state index contributed by atoms with van der Waals surface area (Å²) in [5, 5.41) is 23.5. The van der Waals surface area contributed by atoms with E-state index in [2.05, 4.69) is 0 Å². The number of halogens is 2. The normalized spacial score (nSPS) is 12.1. The molecule has 0 aliphatic carbocycles. The van der Waals surface area contributed by atoms with Crippen molar-refractivity contribution in [3.63, 3.8) is 0 Å². The monoisotopic (exact) mass is 428 g/mol. The molecule has 0 N–H and O–H groups in total. The van der Waals surface area contributed by atoms with E-state index < -0.39 is 19.3 Å². The van der Waals surface area contributed by atoms with Gasteiger partial charge in [0.25, 0.3) is 11.4 Å². The number of hydrogen-bond acceptors (Lipinski definition) is 5. The summed E-state index contributed by atoms with van der Waals surface area (Å²) in [5.74, 6) is 0. The third kappa shape index (κ3) is 4.72. The lowest BCUT2D eigenvalue weighted by Crippen LogP contribution is -2.24. The number of nitro groups is 2. The summed E-state index contributed by atoms with van der Waals surface area (Å²) in [6, 6.07) is 9.08. The zero-order valence-electron chi connectivity index (χ0n) is 15.2. The van der Waals surface area contributed by atoms with Gasteiger partial charge < -0.3 is 0 Å². The molecule has 0 spiro atoms. The summed E-state index contributed by atoms with van der Waals surface area (Å²) in [6.07, 6.45) is 0. The maximum Gasteiger partial charge on any atom is 0.275 e. The van der Waals surface area contributed by atoms with Crippen molar-refractivity contribution in [3.05, 3.63) is 77.8 Å². The van der Waals surface area contributed by atoms with Crippen LogP contribution in [0.1, 0.15) is 38.8 Å². The molecule has 2 rings (SSSR count). The average Bonchev–Trinajstić information content (AvgIpc) is 2.53. The van der Waals surface area contributed by atoms with Crippen LogP contribution in [-0.2, 0) is 9.49 Å². The van der Waals surface area contributed by atoms with Crippen molar-refractivity contribution in [2.45, 2.75) is 37.2 Å². The molecule has 0 aliphatic heterocycles. The van der Waals surface area contributed by atoms with Crippen LogP contribution in [0.25, 0.3) is 0 Å². The highest BCUT2D eigenvalue weighted by Crippen LogP contribution is 2.52. The van der Waals surface area contributed by atoms with Crippen LogP contribution in [0.4, 0.5) is 11.4 Å². The van der Waals surface area contributed by atoms with E-state index in [0.29, 0.717) is 11.1 Å². The minimum Gasteiger partial charge on any atom is -0.258 e. The molecule has 144 valence electrons. The van der Waals surface area contributed by atoms with E-state index in [1.165, 1.54) is 23.9 Å². The number of nitrogens with zero attached hydrogens (tertiary/aromatic N) is 2. The first-order valence-electron chi connectivity index (χ1n) is 7.94. The van der Waals surface area contributed by atoms with Gasteiger partial charge in [-0.05, 0) is 52.0 Å². The lowest BCUT2D eigenvalue weighted by Gasteiger charge is -2.34. The highest BCUT2D eigenvalue weighted by Gasteiger charge is 2.39. The van der Waals surface area contributed by atoms with E-state index in [0.717, 1.165) is 0 Å². The zero-order chi connectivity index (χ0) is 20.6. The van der Waals surface area contributed by atoms with Crippen LogP contribution in [0, 0.1) is 20.2 Å². The molecule has 0 aromatic heterocycles. The first-order valence-corrected chi connectivity index (χ1v) is 9.51. The predicted octanol–water partition coefficient (Wildman–Crippen LogP) is 6.71. The van der Waals surface area contributed by atoms with Gasteiger partial charge in [-0.25, -0.2) is 0 Å². The van der Waals surface area contributed by atoms with Crippen molar-refractivity contribution in [1.82, 2.24) is 0 Å². The first-order chi connectivity index (χ1) is 12.3. The van der Waals surface area contributed by atoms with Crippen LogP contribution in [0.3, 0.4) is 0 Å². The van der Waals surface area contributed by atoms with Crippen molar-refractivity contribution in [2.75, 3.05) is 0 Å². The maximum atomic E-state index is 11.5. The third-order valence-electron chi connectivity index (χ3n) is 4.12. The number of nitro benzene ring substituents is 2. The molecule has 0 atom stereocenters. The van der Waals surface area contributed by atoms with Crippen LogP contribution < -0.4 is 0 Å². The Labute approximate surface area is 171 Å². The molecule has 6 nitrogen and oxygen atoms in total. The summed E-state index contributed by atoms with van der Waals surface area (Å²) in [5.41, 5.74) is 0.820. The molecule has 0 saturated heterocycles. The van der Waals surface area contributed by atoms with Gasteiger partial charge in [0.15, 0.2) is 0 Å². The lowest BCUT2D eigenvalue weighted by molar-refractivity contribution is -0.385. The zero-order valence-corrected chi connectivity index (χ0v) is 17.5. The molecule has 0 radical (unpaired) electrons. The highest BCUT2D eigenvalue weighted by molar-refractivity contribution is 8.01. The van der Waals surface area contributed by atoms with Gasteiger partial charge in [0.05, 0.1) is 9.85 Å². The Morgan fingerprint density at radius 2 is 1.11 bits per heavy atom. The predicted molar refractivity (Wildman–Crippen MR) is 110 cm³/mol. The third-order valence-corrected chi connectivity index (χ3v) is 6.05. The van der Waals surface area contributed by atoms with E-state index in [1.807, 2.05) is 27.7 Å². The number of hydrogen-bond donors (Lipinski definition) is 0. The fourth-order valence-corrected chi connectivity index (χ4v) is 5.25. The highest BCUT2D eigenvalue weighted by atomic mass is 35.5. The molecular formula is C18H18Cl2N2O4S. The number of rotatable bonds is 6. The van der Waals surface area contributed by atoms with E-state index >= 15 is 0 Å². The van der Waals surface area contributed by atoms with Gasteiger partial charge in [0, 0.05) is 42.8 Å². The summed E-state index contributed by atoms with van der Waals surface area (Å²) in [4.78, 5) is 22.0.